The average Bonchev–Trinajstić information content (AvgIpc) is 3.13. The van der Waals surface area contributed by atoms with E-state index in [0.717, 1.165) is 42.2 Å². The van der Waals surface area contributed by atoms with Gasteiger partial charge in [0.2, 0.25) is 10.9 Å². The Morgan fingerprint density at radius 3 is 2.58 bits per heavy atom. The molecule has 0 saturated heterocycles. The number of halogens is 2. The van der Waals surface area contributed by atoms with E-state index in [-0.39, 0.29) is 5.13 Å². The Labute approximate surface area is 153 Å². The molecule has 7 nitrogen and oxygen atoms in total. The van der Waals surface area contributed by atoms with Gasteiger partial charge in [0.25, 0.3) is 10.0 Å². The van der Waals surface area contributed by atoms with E-state index in [1.54, 1.807) is 0 Å². The molecule has 3 rings (SSSR count). The average molecular weight is 405 g/mol. The van der Waals surface area contributed by atoms with E-state index < -0.39 is 44.1 Å². The van der Waals surface area contributed by atoms with Crippen LogP contribution in [0.4, 0.5) is 13.9 Å². The number of phenols is 1. The molecule has 1 aliphatic rings. The maximum Gasteiger partial charge on any atom is 0.269 e. The van der Waals surface area contributed by atoms with Crippen LogP contribution in [0.1, 0.15) is 32.1 Å². The zero-order chi connectivity index (χ0) is 18.9. The predicted octanol–water partition coefficient (Wildman–Crippen LogP) is 3.06. The number of hydrogen-bond acceptors (Lipinski definition) is 7. The van der Waals surface area contributed by atoms with E-state index in [2.05, 4.69) is 14.1 Å². The molecule has 1 N–H and O–H groups in total. The van der Waals surface area contributed by atoms with Gasteiger partial charge in [0, 0.05) is 23.6 Å². The van der Waals surface area contributed by atoms with Crippen LogP contribution in [0.3, 0.4) is 0 Å². The highest BCUT2D eigenvalue weighted by atomic mass is 32.2. The lowest BCUT2D eigenvalue weighted by Crippen LogP contribution is -2.42. The van der Waals surface area contributed by atoms with Gasteiger partial charge in [-0.2, -0.15) is 4.37 Å². The van der Waals surface area contributed by atoms with Crippen LogP contribution >= 0.6 is 11.5 Å². The number of hydrogen-bond donors (Lipinski definition) is 1. The van der Waals surface area contributed by atoms with Crippen LogP contribution < -0.4 is 9.04 Å². The molecule has 26 heavy (non-hydrogen) atoms. The number of ether oxygens (including phenoxy) is 1. The molecule has 1 aromatic heterocycles. The lowest BCUT2D eigenvalue weighted by atomic mass is 9.96. The summed E-state index contributed by atoms with van der Waals surface area (Å²) in [6, 6.07) is 0.0308. The van der Waals surface area contributed by atoms with Crippen LogP contribution in [0, 0.1) is 11.6 Å². The Bertz CT molecular complexity index is 885. The Balaban J connectivity index is 2.16. The number of phenolic OH excluding ortho intramolecular Hbond substituents is 1. The summed E-state index contributed by atoms with van der Waals surface area (Å²) in [5.74, 6) is -4.58. The minimum Gasteiger partial charge on any atom is -0.502 e. The number of aromatic hydroxyl groups is 1. The molecule has 1 saturated carbocycles. The van der Waals surface area contributed by atoms with Crippen molar-refractivity contribution in [2.24, 2.45) is 0 Å². The van der Waals surface area contributed by atoms with Crippen molar-refractivity contribution in [3.05, 3.63) is 24.0 Å². The third-order valence-electron chi connectivity index (χ3n) is 4.30. The zero-order valence-electron chi connectivity index (χ0n) is 13.9. The minimum atomic E-state index is -4.49. The van der Waals surface area contributed by atoms with Crippen molar-refractivity contribution in [2.75, 3.05) is 11.4 Å². The number of nitrogens with zero attached hydrogens (tertiary/aromatic N) is 3. The maximum atomic E-state index is 14.7. The van der Waals surface area contributed by atoms with Gasteiger partial charge in [0.1, 0.15) is 11.2 Å². The van der Waals surface area contributed by atoms with Crippen LogP contribution in [0.5, 0.6) is 11.5 Å². The molecular weight excluding hydrogens is 388 g/mol. The van der Waals surface area contributed by atoms with Crippen molar-refractivity contribution in [1.82, 2.24) is 9.36 Å². The first-order valence-electron chi connectivity index (χ1n) is 7.94. The highest BCUT2D eigenvalue weighted by Gasteiger charge is 2.38. The Morgan fingerprint density at radius 2 is 2.00 bits per heavy atom. The molecular formula is C15H17F2N3O4S2. The molecule has 1 aromatic carbocycles. The molecule has 142 valence electrons. The highest BCUT2D eigenvalue weighted by molar-refractivity contribution is 7.93. The molecule has 0 bridgehead atoms. The smallest absolute Gasteiger partial charge is 0.269 e. The number of methoxy groups -OCH3 is 1. The summed E-state index contributed by atoms with van der Waals surface area (Å²) in [5, 5.41) is 9.66. The van der Waals surface area contributed by atoms with Crippen LogP contribution in [-0.4, -0.2) is 36.0 Å². The maximum absolute atomic E-state index is 14.7. The largest absolute Gasteiger partial charge is 0.502 e. The number of anilines is 1. The Morgan fingerprint density at radius 1 is 1.31 bits per heavy atom. The van der Waals surface area contributed by atoms with E-state index in [1.165, 1.54) is 6.33 Å². The Hall–Kier alpha value is -2.01. The van der Waals surface area contributed by atoms with Crippen LogP contribution in [-0.2, 0) is 10.0 Å². The van der Waals surface area contributed by atoms with E-state index >= 15 is 0 Å². The van der Waals surface area contributed by atoms with E-state index in [9.17, 15) is 22.3 Å². The second-order valence-corrected chi connectivity index (χ2v) is 8.41. The van der Waals surface area contributed by atoms with Gasteiger partial charge in [0.05, 0.1) is 7.11 Å². The van der Waals surface area contributed by atoms with Gasteiger partial charge in [-0.25, -0.2) is 26.5 Å². The molecule has 0 unspecified atom stereocenters. The fraction of sp³-hybridized carbons (Fsp3) is 0.467. The lowest BCUT2D eigenvalue weighted by Gasteiger charge is -2.33. The number of sulfonamides is 1. The molecule has 1 aliphatic carbocycles. The first-order valence-corrected chi connectivity index (χ1v) is 10.1. The number of benzene rings is 1. The summed E-state index contributed by atoms with van der Waals surface area (Å²) in [4.78, 5) is 3.04. The fourth-order valence-corrected chi connectivity index (χ4v) is 5.63. The second kappa shape index (κ2) is 7.31. The van der Waals surface area contributed by atoms with Crippen molar-refractivity contribution in [3.8, 4) is 11.5 Å². The normalized spacial score (nSPS) is 15.8. The van der Waals surface area contributed by atoms with E-state index in [4.69, 9.17) is 0 Å². The van der Waals surface area contributed by atoms with Gasteiger partial charge in [-0.05, 0) is 12.8 Å². The monoisotopic (exact) mass is 405 g/mol. The van der Waals surface area contributed by atoms with Crippen molar-refractivity contribution in [2.45, 2.75) is 43.0 Å². The third kappa shape index (κ3) is 3.20. The molecule has 11 heteroatoms. The van der Waals surface area contributed by atoms with Crippen molar-refractivity contribution in [1.29, 1.82) is 0 Å². The molecule has 0 spiro atoms. The molecule has 1 heterocycles. The van der Waals surface area contributed by atoms with Crippen molar-refractivity contribution >= 4 is 26.7 Å². The first kappa shape index (κ1) is 18.8. The van der Waals surface area contributed by atoms with Crippen molar-refractivity contribution in [3.63, 3.8) is 0 Å². The molecule has 2 aromatic rings. The molecule has 1 fully saturated rings. The summed E-state index contributed by atoms with van der Waals surface area (Å²) in [6.07, 6.45) is 5.00. The lowest BCUT2D eigenvalue weighted by molar-refractivity contribution is 0.331. The summed E-state index contributed by atoms with van der Waals surface area (Å²) < 4.78 is 64.5. The topological polar surface area (TPSA) is 92.6 Å². The second-order valence-electron chi connectivity index (χ2n) is 5.87. The molecule has 0 aliphatic heterocycles. The van der Waals surface area contributed by atoms with Gasteiger partial charge in [-0.3, -0.25) is 0 Å². The summed E-state index contributed by atoms with van der Waals surface area (Å²) >= 11 is 0.858. The van der Waals surface area contributed by atoms with Gasteiger partial charge in [-0.15, -0.1) is 0 Å². The Kier molecular flexibility index (Phi) is 5.28. The zero-order valence-corrected chi connectivity index (χ0v) is 15.5. The highest BCUT2D eigenvalue weighted by Crippen LogP contribution is 2.39. The first-order chi connectivity index (χ1) is 12.4. The number of aromatic nitrogens is 2. The van der Waals surface area contributed by atoms with Gasteiger partial charge >= 0.3 is 0 Å². The van der Waals surface area contributed by atoms with Crippen LogP contribution in [0.15, 0.2) is 17.3 Å². The minimum absolute atomic E-state index is 0.0868. The molecule has 0 amide bonds. The predicted molar refractivity (Wildman–Crippen MR) is 91.0 cm³/mol. The summed E-state index contributed by atoms with van der Waals surface area (Å²) in [7, 11) is -3.48. The van der Waals surface area contributed by atoms with E-state index in [0.29, 0.717) is 18.9 Å². The van der Waals surface area contributed by atoms with Crippen LogP contribution in [0.25, 0.3) is 0 Å². The SMILES string of the molecule is COc1c(O)c(F)cc(S(=O)(=O)N(c2ncns2)C2CCCCC2)c1F. The summed E-state index contributed by atoms with van der Waals surface area (Å²) in [5.41, 5.74) is 0. The van der Waals surface area contributed by atoms with Gasteiger partial charge in [0.15, 0.2) is 17.4 Å². The molecule has 0 radical (unpaired) electrons. The standard InChI is InChI=1S/C15H17F2N3O4S2/c1-24-14-12(17)11(7-10(16)13(14)21)26(22,23)20(15-18-8-19-25-15)9-5-3-2-4-6-9/h7-9,21H,2-6H2,1H3. The molecule has 0 atom stereocenters. The van der Waals surface area contributed by atoms with Crippen molar-refractivity contribution < 1.29 is 27.0 Å². The number of rotatable bonds is 5. The summed E-state index contributed by atoms with van der Waals surface area (Å²) in [6.45, 7) is 0. The fourth-order valence-electron chi connectivity index (χ4n) is 3.09. The van der Waals surface area contributed by atoms with Crippen LogP contribution in [0.2, 0.25) is 0 Å². The van der Waals surface area contributed by atoms with E-state index in [1.807, 2.05) is 0 Å². The van der Waals surface area contributed by atoms with Gasteiger partial charge < -0.3 is 9.84 Å². The quantitative estimate of drug-likeness (QED) is 0.822. The third-order valence-corrected chi connectivity index (χ3v) is 6.92. The van der Waals surface area contributed by atoms with Gasteiger partial charge in [-0.1, -0.05) is 19.3 Å².